The van der Waals surface area contributed by atoms with E-state index in [1.807, 2.05) is 0 Å². The highest BCUT2D eigenvalue weighted by Gasteiger charge is 2.05. The Hall–Kier alpha value is -1.10. The van der Waals surface area contributed by atoms with Gasteiger partial charge in [0.25, 0.3) is 0 Å². The molecule has 2 aromatic carbocycles. The molecule has 0 atom stereocenters. The molecule has 0 aromatic heterocycles. The summed E-state index contributed by atoms with van der Waals surface area (Å²) in [5.74, 6) is 0.357. The molecule has 0 saturated carbocycles. The molecule has 0 bridgehead atoms. The van der Waals surface area contributed by atoms with E-state index in [-0.39, 0.29) is 12.4 Å². The van der Waals surface area contributed by atoms with Gasteiger partial charge in [0.1, 0.15) is 18.2 Å². The maximum atomic E-state index is 13.2. The number of hydrogen-bond acceptors (Lipinski definition) is 2. The number of hydrogen-bond donors (Lipinski definition) is 1. The smallest absolute Gasteiger partial charge is 0.124 e. The Morgan fingerprint density at radius 1 is 1.21 bits per heavy atom. The van der Waals surface area contributed by atoms with Gasteiger partial charge >= 0.3 is 0 Å². The lowest BCUT2D eigenvalue weighted by Gasteiger charge is -2.11. The molecule has 0 radical (unpaired) electrons. The standard InChI is InChI=1S/C14H12BrClFNO/c15-11-3-9(4-13(17)6-11)8-19-14-2-1-12(16)5-10(14)7-18/h1-6H,7-8,18H2. The average molecular weight is 345 g/mol. The maximum Gasteiger partial charge on any atom is 0.124 e. The lowest BCUT2D eigenvalue weighted by molar-refractivity contribution is 0.302. The van der Waals surface area contributed by atoms with Crippen LogP contribution in [0.25, 0.3) is 0 Å². The Kier molecular flexibility index (Phi) is 4.80. The first-order chi connectivity index (χ1) is 9.08. The largest absolute Gasteiger partial charge is 0.489 e. The van der Waals surface area contributed by atoms with Crippen LogP contribution < -0.4 is 10.5 Å². The van der Waals surface area contributed by atoms with Gasteiger partial charge in [-0.05, 0) is 42.0 Å². The van der Waals surface area contributed by atoms with Gasteiger partial charge in [0.15, 0.2) is 0 Å². The summed E-state index contributed by atoms with van der Waals surface area (Å²) >= 11 is 9.13. The van der Waals surface area contributed by atoms with E-state index < -0.39 is 0 Å². The fourth-order valence-corrected chi connectivity index (χ4v) is 2.41. The molecule has 0 aliphatic carbocycles. The minimum atomic E-state index is -0.303. The molecular weight excluding hydrogens is 333 g/mol. The van der Waals surface area contributed by atoms with Crippen molar-refractivity contribution in [1.29, 1.82) is 0 Å². The molecule has 2 N–H and O–H groups in total. The van der Waals surface area contributed by atoms with Crippen LogP contribution in [0.1, 0.15) is 11.1 Å². The van der Waals surface area contributed by atoms with E-state index in [4.69, 9.17) is 22.1 Å². The van der Waals surface area contributed by atoms with Crippen LogP contribution in [0.5, 0.6) is 5.75 Å². The van der Waals surface area contributed by atoms with Crippen LogP contribution >= 0.6 is 27.5 Å². The van der Waals surface area contributed by atoms with Crippen LogP contribution in [0.3, 0.4) is 0 Å². The summed E-state index contributed by atoms with van der Waals surface area (Å²) in [6.45, 7) is 0.605. The van der Waals surface area contributed by atoms with E-state index in [1.54, 1.807) is 24.3 Å². The molecule has 100 valence electrons. The highest BCUT2D eigenvalue weighted by atomic mass is 79.9. The first-order valence-corrected chi connectivity index (χ1v) is 6.82. The molecule has 2 aromatic rings. The Bertz CT molecular complexity index is 571. The molecule has 0 unspecified atom stereocenters. The van der Waals surface area contributed by atoms with Crippen LogP contribution in [0, 0.1) is 5.82 Å². The van der Waals surface area contributed by atoms with Gasteiger partial charge in [0, 0.05) is 21.6 Å². The van der Waals surface area contributed by atoms with Crippen LogP contribution in [-0.4, -0.2) is 0 Å². The molecule has 2 rings (SSSR count). The summed E-state index contributed by atoms with van der Waals surface area (Å²) in [5.41, 5.74) is 7.19. The van der Waals surface area contributed by atoms with Crippen molar-refractivity contribution in [3.63, 3.8) is 0 Å². The topological polar surface area (TPSA) is 35.2 Å². The Morgan fingerprint density at radius 3 is 2.68 bits per heavy atom. The van der Waals surface area contributed by atoms with E-state index in [0.29, 0.717) is 21.8 Å². The van der Waals surface area contributed by atoms with Crippen LogP contribution in [-0.2, 0) is 13.2 Å². The molecule has 0 amide bonds. The van der Waals surface area contributed by atoms with Crippen molar-refractivity contribution in [2.75, 3.05) is 0 Å². The number of nitrogens with two attached hydrogens (primary N) is 1. The van der Waals surface area contributed by atoms with Crippen molar-refractivity contribution in [3.8, 4) is 5.75 Å². The van der Waals surface area contributed by atoms with Gasteiger partial charge in [-0.2, -0.15) is 0 Å². The number of halogens is 3. The first kappa shape index (κ1) is 14.3. The minimum absolute atomic E-state index is 0.269. The van der Waals surface area contributed by atoms with Crippen molar-refractivity contribution in [2.45, 2.75) is 13.2 Å². The van der Waals surface area contributed by atoms with Crippen LogP contribution in [0.2, 0.25) is 5.02 Å². The first-order valence-electron chi connectivity index (χ1n) is 5.65. The monoisotopic (exact) mass is 343 g/mol. The summed E-state index contributed by atoms with van der Waals surface area (Å²) in [5, 5.41) is 0.612. The molecule has 19 heavy (non-hydrogen) atoms. The second-order valence-corrected chi connectivity index (χ2v) is 5.37. The number of benzene rings is 2. The molecule has 0 heterocycles. The quantitative estimate of drug-likeness (QED) is 0.898. The second-order valence-electron chi connectivity index (χ2n) is 4.02. The summed E-state index contributed by atoms with van der Waals surface area (Å²) < 4.78 is 19.6. The van der Waals surface area contributed by atoms with Gasteiger partial charge in [-0.1, -0.05) is 27.5 Å². The summed E-state index contributed by atoms with van der Waals surface area (Å²) in [4.78, 5) is 0. The fourth-order valence-electron chi connectivity index (χ4n) is 1.70. The van der Waals surface area contributed by atoms with E-state index in [1.165, 1.54) is 12.1 Å². The zero-order valence-corrected chi connectivity index (χ0v) is 12.3. The Morgan fingerprint density at radius 2 is 2.00 bits per heavy atom. The molecular formula is C14H12BrClFNO. The predicted molar refractivity (Wildman–Crippen MR) is 77.8 cm³/mol. The summed E-state index contributed by atoms with van der Waals surface area (Å²) in [6.07, 6.45) is 0. The summed E-state index contributed by atoms with van der Waals surface area (Å²) in [6, 6.07) is 9.90. The fraction of sp³-hybridized carbons (Fsp3) is 0.143. The third kappa shape index (κ3) is 3.93. The highest BCUT2D eigenvalue weighted by Crippen LogP contribution is 2.24. The average Bonchev–Trinajstić information content (AvgIpc) is 2.36. The molecule has 0 saturated heterocycles. The molecule has 5 heteroatoms. The van der Waals surface area contributed by atoms with E-state index in [0.717, 1.165) is 11.1 Å². The van der Waals surface area contributed by atoms with Gasteiger partial charge in [0.2, 0.25) is 0 Å². The molecule has 0 aliphatic rings. The van der Waals surface area contributed by atoms with Gasteiger partial charge in [-0.25, -0.2) is 4.39 Å². The highest BCUT2D eigenvalue weighted by molar-refractivity contribution is 9.10. The van der Waals surface area contributed by atoms with Crippen molar-refractivity contribution >= 4 is 27.5 Å². The molecule has 0 spiro atoms. The Labute approximate surface area is 124 Å². The van der Waals surface area contributed by atoms with Crippen LogP contribution in [0.15, 0.2) is 40.9 Å². The van der Waals surface area contributed by atoms with Gasteiger partial charge in [-0.3, -0.25) is 0 Å². The predicted octanol–water partition coefficient (Wildman–Crippen LogP) is 4.28. The summed E-state index contributed by atoms with van der Waals surface area (Å²) in [7, 11) is 0. The zero-order valence-electron chi connectivity index (χ0n) is 10.00. The van der Waals surface area contributed by atoms with Crippen molar-refractivity contribution < 1.29 is 9.13 Å². The SMILES string of the molecule is NCc1cc(Cl)ccc1OCc1cc(F)cc(Br)c1. The van der Waals surface area contributed by atoms with Crippen LogP contribution in [0.4, 0.5) is 4.39 Å². The van der Waals surface area contributed by atoms with Gasteiger partial charge in [0.05, 0.1) is 0 Å². The normalized spacial score (nSPS) is 10.5. The van der Waals surface area contributed by atoms with Crippen molar-refractivity contribution in [2.24, 2.45) is 5.73 Å². The van der Waals surface area contributed by atoms with E-state index >= 15 is 0 Å². The molecule has 0 aliphatic heterocycles. The lowest BCUT2D eigenvalue weighted by atomic mass is 10.2. The van der Waals surface area contributed by atoms with E-state index in [2.05, 4.69) is 15.9 Å². The Balaban J connectivity index is 2.14. The van der Waals surface area contributed by atoms with Crippen molar-refractivity contribution in [3.05, 3.63) is 62.8 Å². The minimum Gasteiger partial charge on any atom is -0.489 e. The van der Waals surface area contributed by atoms with Gasteiger partial charge in [-0.15, -0.1) is 0 Å². The number of ether oxygens (including phenoxy) is 1. The lowest BCUT2D eigenvalue weighted by Crippen LogP contribution is -2.03. The molecule has 0 fully saturated rings. The maximum absolute atomic E-state index is 13.2. The van der Waals surface area contributed by atoms with Gasteiger partial charge < -0.3 is 10.5 Å². The number of rotatable bonds is 4. The molecule has 2 nitrogen and oxygen atoms in total. The third-order valence-electron chi connectivity index (χ3n) is 2.56. The zero-order chi connectivity index (χ0) is 13.8. The van der Waals surface area contributed by atoms with Crippen molar-refractivity contribution in [1.82, 2.24) is 0 Å². The van der Waals surface area contributed by atoms with E-state index in [9.17, 15) is 4.39 Å². The second kappa shape index (κ2) is 6.37. The third-order valence-corrected chi connectivity index (χ3v) is 3.25.